The molecular weight excluding hydrogens is 340 g/mol. The monoisotopic (exact) mass is 352 g/mol. The second-order valence-electron chi connectivity index (χ2n) is 5.23. The Hall–Kier alpha value is -3.30. The van der Waals surface area contributed by atoms with Crippen LogP contribution >= 0.6 is 11.6 Å². The predicted molar refractivity (Wildman–Crippen MR) is 94.2 cm³/mol. The van der Waals surface area contributed by atoms with Crippen LogP contribution in [0.4, 0.5) is 5.82 Å². The van der Waals surface area contributed by atoms with E-state index in [1.165, 1.54) is 6.08 Å². The van der Waals surface area contributed by atoms with Crippen molar-refractivity contribution in [2.24, 2.45) is 0 Å². The van der Waals surface area contributed by atoms with Gasteiger partial charge in [-0.2, -0.15) is 5.26 Å². The Labute approximate surface area is 148 Å². The summed E-state index contributed by atoms with van der Waals surface area (Å²) in [5.74, 6) is 0.260. The Kier molecular flexibility index (Phi) is 4.68. The molecule has 25 heavy (non-hydrogen) atoms. The van der Waals surface area contributed by atoms with Crippen molar-refractivity contribution in [1.82, 2.24) is 9.72 Å². The zero-order valence-corrected chi connectivity index (χ0v) is 14.0. The van der Waals surface area contributed by atoms with Gasteiger partial charge in [0.25, 0.3) is 5.91 Å². The molecule has 7 heteroatoms. The second kappa shape index (κ2) is 7.07. The number of carbonyl (C=O) groups excluding carboxylic acids is 1. The van der Waals surface area contributed by atoms with Crippen molar-refractivity contribution in [3.63, 3.8) is 0 Å². The SMILES string of the molecule is Cc1cc(NC(=O)/C(C#N)=C/c2cccn2-c2cccc(Cl)c2)no1. The first-order valence-corrected chi connectivity index (χ1v) is 7.74. The molecule has 0 radical (unpaired) electrons. The van der Waals surface area contributed by atoms with Crippen LogP contribution in [-0.4, -0.2) is 15.6 Å². The van der Waals surface area contributed by atoms with Gasteiger partial charge in [0.2, 0.25) is 0 Å². The number of hydrogen-bond acceptors (Lipinski definition) is 4. The van der Waals surface area contributed by atoms with Crippen molar-refractivity contribution in [3.8, 4) is 11.8 Å². The highest BCUT2D eigenvalue weighted by atomic mass is 35.5. The van der Waals surface area contributed by atoms with Crippen LogP contribution in [-0.2, 0) is 4.79 Å². The maximum atomic E-state index is 12.3. The van der Waals surface area contributed by atoms with E-state index in [-0.39, 0.29) is 11.4 Å². The van der Waals surface area contributed by atoms with Gasteiger partial charge in [-0.3, -0.25) is 4.79 Å². The fourth-order valence-electron chi connectivity index (χ4n) is 2.28. The summed E-state index contributed by atoms with van der Waals surface area (Å²) in [7, 11) is 0. The van der Waals surface area contributed by atoms with Gasteiger partial charge in [-0.05, 0) is 43.3 Å². The molecule has 0 fully saturated rings. The number of halogens is 1. The Morgan fingerprint density at radius 2 is 2.20 bits per heavy atom. The third-order valence-electron chi connectivity index (χ3n) is 3.39. The summed E-state index contributed by atoms with van der Waals surface area (Å²) in [6.07, 6.45) is 3.33. The minimum absolute atomic E-state index is 0.0531. The number of aromatic nitrogens is 2. The van der Waals surface area contributed by atoms with Gasteiger partial charge in [0.05, 0.1) is 0 Å². The number of amides is 1. The van der Waals surface area contributed by atoms with E-state index >= 15 is 0 Å². The van der Waals surface area contributed by atoms with Crippen molar-refractivity contribution in [1.29, 1.82) is 5.26 Å². The van der Waals surface area contributed by atoms with E-state index in [1.54, 1.807) is 31.2 Å². The predicted octanol–water partition coefficient (Wildman–Crippen LogP) is 3.97. The highest BCUT2D eigenvalue weighted by Gasteiger charge is 2.13. The Bertz CT molecular complexity index is 994. The van der Waals surface area contributed by atoms with E-state index in [0.717, 1.165) is 5.69 Å². The third-order valence-corrected chi connectivity index (χ3v) is 3.63. The van der Waals surface area contributed by atoms with Crippen LogP contribution in [0.1, 0.15) is 11.5 Å². The lowest BCUT2D eigenvalue weighted by atomic mass is 10.2. The highest BCUT2D eigenvalue weighted by molar-refractivity contribution is 6.30. The summed E-state index contributed by atoms with van der Waals surface area (Å²) in [5, 5.41) is 16.1. The molecule has 2 heterocycles. The topological polar surface area (TPSA) is 83.9 Å². The summed E-state index contributed by atoms with van der Waals surface area (Å²) in [6.45, 7) is 1.71. The van der Waals surface area contributed by atoms with Crippen LogP contribution in [0.5, 0.6) is 0 Å². The first-order chi connectivity index (χ1) is 12.1. The Balaban J connectivity index is 1.90. The van der Waals surface area contributed by atoms with E-state index in [9.17, 15) is 10.1 Å². The molecule has 3 aromatic rings. The first kappa shape index (κ1) is 16.6. The summed E-state index contributed by atoms with van der Waals surface area (Å²) in [5.41, 5.74) is 1.45. The molecule has 0 bridgehead atoms. The van der Waals surface area contributed by atoms with E-state index in [0.29, 0.717) is 16.5 Å². The molecule has 3 rings (SSSR count). The van der Waals surface area contributed by atoms with Gasteiger partial charge in [0, 0.05) is 28.7 Å². The van der Waals surface area contributed by atoms with Gasteiger partial charge in [-0.15, -0.1) is 0 Å². The number of nitrogens with one attached hydrogen (secondary N) is 1. The molecule has 0 unspecified atom stereocenters. The molecule has 0 aliphatic rings. The molecule has 6 nitrogen and oxygen atoms in total. The van der Waals surface area contributed by atoms with E-state index in [4.69, 9.17) is 16.1 Å². The first-order valence-electron chi connectivity index (χ1n) is 7.36. The number of carbonyl (C=O) groups is 1. The summed E-state index contributed by atoms with van der Waals surface area (Å²) < 4.78 is 6.72. The highest BCUT2D eigenvalue weighted by Crippen LogP contribution is 2.19. The molecule has 124 valence electrons. The molecule has 2 aromatic heterocycles. The number of benzene rings is 1. The van der Waals surface area contributed by atoms with Gasteiger partial charge in [-0.25, -0.2) is 0 Å². The van der Waals surface area contributed by atoms with Crippen molar-refractivity contribution in [2.45, 2.75) is 6.92 Å². The van der Waals surface area contributed by atoms with Crippen LogP contribution in [0.25, 0.3) is 11.8 Å². The van der Waals surface area contributed by atoms with E-state index < -0.39 is 5.91 Å². The van der Waals surface area contributed by atoms with Gasteiger partial charge >= 0.3 is 0 Å². The lowest BCUT2D eigenvalue weighted by molar-refractivity contribution is -0.112. The van der Waals surface area contributed by atoms with Crippen molar-refractivity contribution in [3.05, 3.63) is 70.7 Å². The molecule has 1 amide bonds. The van der Waals surface area contributed by atoms with E-state index in [1.807, 2.05) is 35.0 Å². The van der Waals surface area contributed by atoms with Gasteiger partial charge in [-0.1, -0.05) is 22.8 Å². The molecular formula is C18H13ClN4O2. The van der Waals surface area contributed by atoms with Gasteiger partial charge in [0.1, 0.15) is 17.4 Å². The minimum Gasteiger partial charge on any atom is -0.360 e. The molecule has 1 N–H and O–H groups in total. The fourth-order valence-corrected chi connectivity index (χ4v) is 2.46. The number of nitrogens with zero attached hydrogens (tertiary/aromatic N) is 3. The van der Waals surface area contributed by atoms with Crippen LogP contribution in [0.3, 0.4) is 0 Å². The Morgan fingerprint density at radius 1 is 1.36 bits per heavy atom. The average Bonchev–Trinajstić information content (AvgIpc) is 3.21. The molecule has 0 aliphatic heterocycles. The van der Waals surface area contributed by atoms with Gasteiger partial charge in [0.15, 0.2) is 5.82 Å². The van der Waals surface area contributed by atoms with Crippen LogP contribution in [0, 0.1) is 18.3 Å². The number of hydrogen-bond donors (Lipinski definition) is 1. The number of nitriles is 1. The lowest BCUT2D eigenvalue weighted by Crippen LogP contribution is -2.13. The Morgan fingerprint density at radius 3 is 2.88 bits per heavy atom. The van der Waals surface area contributed by atoms with Crippen LogP contribution in [0.15, 0.2) is 58.8 Å². The second-order valence-corrected chi connectivity index (χ2v) is 5.67. The fraction of sp³-hybridized carbons (Fsp3) is 0.0556. The molecule has 0 aliphatic carbocycles. The van der Waals surface area contributed by atoms with Crippen molar-refractivity contribution >= 4 is 29.4 Å². The van der Waals surface area contributed by atoms with Crippen molar-refractivity contribution in [2.75, 3.05) is 5.32 Å². The summed E-state index contributed by atoms with van der Waals surface area (Å²) in [6, 6.07) is 14.4. The molecule has 0 atom stereocenters. The normalized spacial score (nSPS) is 11.2. The van der Waals surface area contributed by atoms with Gasteiger partial charge < -0.3 is 14.4 Å². The smallest absolute Gasteiger partial charge is 0.267 e. The number of aryl methyl sites for hydroxylation is 1. The molecule has 0 saturated carbocycles. The number of rotatable bonds is 4. The summed E-state index contributed by atoms with van der Waals surface area (Å²) in [4.78, 5) is 12.3. The average molecular weight is 353 g/mol. The summed E-state index contributed by atoms with van der Waals surface area (Å²) >= 11 is 6.03. The van der Waals surface area contributed by atoms with Crippen LogP contribution < -0.4 is 5.32 Å². The molecule has 0 spiro atoms. The largest absolute Gasteiger partial charge is 0.360 e. The maximum Gasteiger partial charge on any atom is 0.267 e. The lowest BCUT2D eigenvalue weighted by Gasteiger charge is -2.07. The minimum atomic E-state index is -0.561. The zero-order chi connectivity index (χ0) is 17.8. The number of anilines is 1. The third kappa shape index (κ3) is 3.79. The van der Waals surface area contributed by atoms with Crippen molar-refractivity contribution < 1.29 is 9.32 Å². The van der Waals surface area contributed by atoms with E-state index in [2.05, 4.69) is 10.5 Å². The standard InChI is InChI=1S/C18H13ClN4O2/c1-12-8-17(22-25-12)21-18(24)13(11-20)9-15-6-3-7-23(15)16-5-2-4-14(19)10-16/h2-10H,1H3,(H,21,22,24)/b13-9+. The molecule has 1 aromatic carbocycles. The van der Waals surface area contributed by atoms with Crippen LogP contribution in [0.2, 0.25) is 5.02 Å². The maximum absolute atomic E-state index is 12.3. The quantitative estimate of drug-likeness (QED) is 0.568. The zero-order valence-electron chi connectivity index (χ0n) is 13.2. The molecule has 0 saturated heterocycles.